The van der Waals surface area contributed by atoms with Crippen LogP contribution in [0.15, 0.2) is 18.5 Å². The van der Waals surface area contributed by atoms with Gasteiger partial charge in [0.2, 0.25) is 0 Å². The Morgan fingerprint density at radius 1 is 1.62 bits per heavy atom. The van der Waals surface area contributed by atoms with Crippen LogP contribution in [0.5, 0.6) is 0 Å². The molecule has 1 aliphatic heterocycles. The lowest BCUT2D eigenvalue weighted by Gasteiger charge is -2.40. The number of pyridine rings is 1. The zero-order valence-electron chi connectivity index (χ0n) is 7.15. The average molecular weight is 199 g/mol. The van der Waals surface area contributed by atoms with Crippen LogP contribution in [0.2, 0.25) is 5.02 Å². The Balaban J connectivity index is 2.07. The SMILES string of the molecule is OCC1CN(c2ccncc2Cl)C1. The van der Waals surface area contributed by atoms with Crippen LogP contribution >= 0.6 is 11.6 Å². The number of rotatable bonds is 2. The minimum absolute atomic E-state index is 0.263. The number of anilines is 1. The van der Waals surface area contributed by atoms with E-state index in [-0.39, 0.29) is 6.61 Å². The number of hydrogen-bond acceptors (Lipinski definition) is 3. The van der Waals surface area contributed by atoms with E-state index in [9.17, 15) is 0 Å². The maximum atomic E-state index is 8.85. The molecule has 1 saturated heterocycles. The summed E-state index contributed by atoms with van der Waals surface area (Å²) >= 11 is 5.96. The third-order valence-corrected chi connectivity index (χ3v) is 2.60. The Labute approximate surface area is 82.0 Å². The molecule has 13 heavy (non-hydrogen) atoms. The molecule has 0 spiro atoms. The minimum atomic E-state index is 0.263. The van der Waals surface area contributed by atoms with Crippen molar-refractivity contribution in [1.82, 2.24) is 4.98 Å². The van der Waals surface area contributed by atoms with Crippen molar-refractivity contribution in [3.05, 3.63) is 23.5 Å². The van der Waals surface area contributed by atoms with Crippen molar-refractivity contribution in [3.8, 4) is 0 Å². The smallest absolute Gasteiger partial charge is 0.0822 e. The van der Waals surface area contributed by atoms with Gasteiger partial charge in [0.05, 0.1) is 10.7 Å². The van der Waals surface area contributed by atoms with Crippen LogP contribution in [0.1, 0.15) is 0 Å². The molecule has 3 nitrogen and oxygen atoms in total. The summed E-state index contributed by atoms with van der Waals surface area (Å²) in [6.07, 6.45) is 3.37. The molecule has 1 aromatic rings. The van der Waals surface area contributed by atoms with Gasteiger partial charge in [0.25, 0.3) is 0 Å². The van der Waals surface area contributed by atoms with Crippen molar-refractivity contribution >= 4 is 17.3 Å². The van der Waals surface area contributed by atoms with E-state index in [0.717, 1.165) is 18.8 Å². The Kier molecular flexibility index (Phi) is 2.38. The molecule has 0 saturated carbocycles. The first-order valence-electron chi connectivity index (χ1n) is 4.26. The van der Waals surface area contributed by atoms with E-state index in [4.69, 9.17) is 16.7 Å². The summed E-state index contributed by atoms with van der Waals surface area (Å²) in [5.74, 6) is 0.407. The molecule has 0 unspecified atom stereocenters. The molecule has 4 heteroatoms. The number of nitrogens with zero attached hydrogens (tertiary/aromatic N) is 2. The van der Waals surface area contributed by atoms with Gasteiger partial charge in [0.15, 0.2) is 0 Å². The molecule has 2 rings (SSSR count). The maximum Gasteiger partial charge on any atom is 0.0822 e. The molecule has 70 valence electrons. The van der Waals surface area contributed by atoms with Crippen LogP contribution in [0.25, 0.3) is 0 Å². The lowest BCUT2D eigenvalue weighted by molar-refractivity contribution is 0.201. The monoisotopic (exact) mass is 198 g/mol. The quantitative estimate of drug-likeness (QED) is 0.775. The predicted octanol–water partition coefficient (Wildman–Crippen LogP) is 1.16. The molecule has 1 N–H and O–H groups in total. The second-order valence-corrected chi connectivity index (χ2v) is 3.69. The zero-order valence-corrected chi connectivity index (χ0v) is 7.91. The van der Waals surface area contributed by atoms with Gasteiger partial charge >= 0.3 is 0 Å². The molecule has 0 atom stereocenters. The van der Waals surface area contributed by atoms with Gasteiger partial charge in [0, 0.05) is 38.0 Å². The van der Waals surface area contributed by atoms with Crippen LogP contribution < -0.4 is 4.90 Å². The number of aliphatic hydroxyl groups excluding tert-OH is 1. The van der Waals surface area contributed by atoms with E-state index in [1.165, 1.54) is 0 Å². The first-order valence-corrected chi connectivity index (χ1v) is 4.64. The summed E-state index contributed by atoms with van der Waals surface area (Å²) in [5, 5.41) is 9.53. The number of aliphatic hydroxyl groups is 1. The van der Waals surface area contributed by atoms with Gasteiger partial charge in [-0.3, -0.25) is 4.98 Å². The van der Waals surface area contributed by atoms with Gasteiger partial charge in [-0.1, -0.05) is 11.6 Å². The van der Waals surface area contributed by atoms with Gasteiger partial charge in [-0.05, 0) is 6.07 Å². The third-order valence-electron chi connectivity index (χ3n) is 2.31. The Bertz CT molecular complexity index is 299. The summed E-state index contributed by atoms with van der Waals surface area (Å²) < 4.78 is 0. The van der Waals surface area contributed by atoms with Crippen molar-refractivity contribution in [2.75, 3.05) is 24.6 Å². The number of halogens is 1. The van der Waals surface area contributed by atoms with Gasteiger partial charge in [-0.2, -0.15) is 0 Å². The highest BCUT2D eigenvalue weighted by Crippen LogP contribution is 2.29. The first kappa shape index (κ1) is 8.78. The van der Waals surface area contributed by atoms with E-state index in [2.05, 4.69) is 9.88 Å². The Hall–Kier alpha value is -0.800. The molecule has 1 aromatic heterocycles. The second-order valence-electron chi connectivity index (χ2n) is 3.28. The first-order chi connectivity index (χ1) is 6.31. The Morgan fingerprint density at radius 2 is 2.38 bits per heavy atom. The van der Waals surface area contributed by atoms with Crippen LogP contribution in [0, 0.1) is 5.92 Å². The summed E-state index contributed by atoms with van der Waals surface area (Å²) in [6.45, 7) is 2.04. The molecule has 0 radical (unpaired) electrons. The van der Waals surface area contributed by atoms with E-state index in [1.54, 1.807) is 12.4 Å². The molecule has 0 bridgehead atoms. The lowest BCUT2D eigenvalue weighted by Crippen LogP contribution is -2.48. The molecule has 0 aliphatic carbocycles. The fourth-order valence-corrected chi connectivity index (χ4v) is 1.75. The number of aromatic nitrogens is 1. The summed E-state index contributed by atoms with van der Waals surface area (Å²) in [4.78, 5) is 6.06. The second kappa shape index (κ2) is 3.52. The zero-order chi connectivity index (χ0) is 9.26. The minimum Gasteiger partial charge on any atom is -0.396 e. The highest BCUT2D eigenvalue weighted by molar-refractivity contribution is 6.33. The summed E-state index contributed by atoms with van der Waals surface area (Å²) in [5.41, 5.74) is 1.02. The lowest BCUT2D eigenvalue weighted by atomic mass is 10.0. The third kappa shape index (κ3) is 1.62. The van der Waals surface area contributed by atoms with Crippen molar-refractivity contribution in [2.24, 2.45) is 5.92 Å². The highest BCUT2D eigenvalue weighted by Gasteiger charge is 2.27. The standard InChI is InChI=1S/C9H11ClN2O/c10-8-3-11-2-1-9(8)12-4-7(5-12)6-13/h1-3,7,13H,4-6H2. The van der Waals surface area contributed by atoms with Gasteiger partial charge in [-0.15, -0.1) is 0 Å². The molecule has 2 heterocycles. The molecular weight excluding hydrogens is 188 g/mol. The van der Waals surface area contributed by atoms with Crippen molar-refractivity contribution in [2.45, 2.75) is 0 Å². The highest BCUT2D eigenvalue weighted by atomic mass is 35.5. The topological polar surface area (TPSA) is 36.4 Å². The molecule has 0 aromatic carbocycles. The van der Waals surface area contributed by atoms with Gasteiger partial charge in [0.1, 0.15) is 0 Å². The van der Waals surface area contributed by atoms with Gasteiger partial charge < -0.3 is 10.0 Å². The predicted molar refractivity (Wildman–Crippen MR) is 52.0 cm³/mol. The fraction of sp³-hybridized carbons (Fsp3) is 0.444. The Morgan fingerprint density at radius 3 is 3.00 bits per heavy atom. The number of hydrogen-bond donors (Lipinski definition) is 1. The molecular formula is C9H11ClN2O. The fourth-order valence-electron chi connectivity index (χ4n) is 1.51. The van der Waals surface area contributed by atoms with Crippen molar-refractivity contribution in [3.63, 3.8) is 0 Å². The van der Waals surface area contributed by atoms with E-state index in [0.29, 0.717) is 10.9 Å². The average Bonchev–Trinajstić information content (AvgIpc) is 2.06. The maximum absolute atomic E-state index is 8.85. The molecule has 1 aliphatic rings. The van der Waals surface area contributed by atoms with Crippen molar-refractivity contribution < 1.29 is 5.11 Å². The molecule has 0 amide bonds. The van der Waals surface area contributed by atoms with Crippen LogP contribution in [-0.2, 0) is 0 Å². The van der Waals surface area contributed by atoms with Crippen LogP contribution in [-0.4, -0.2) is 29.8 Å². The molecule has 1 fully saturated rings. The van der Waals surface area contributed by atoms with E-state index < -0.39 is 0 Å². The summed E-state index contributed by atoms with van der Waals surface area (Å²) in [7, 11) is 0. The summed E-state index contributed by atoms with van der Waals surface area (Å²) in [6, 6.07) is 1.90. The largest absolute Gasteiger partial charge is 0.396 e. The van der Waals surface area contributed by atoms with Gasteiger partial charge in [-0.25, -0.2) is 0 Å². The van der Waals surface area contributed by atoms with E-state index in [1.807, 2.05) is 6.07 Å². The van der Waals surface area contributed by atoms with Crippen molar-refractivity contribution in [1.29, 1.82) is 0 Å². The normalized spacial score (nSPS) is 17.2. The van der Waals surface area contributed by atoms with Crippen LogP contribution in [0.4, 0.5) is 5.69 Å². The van der Waals surface area contributed by atoms with Crippen LogP contribution in [0.3, 0.4) is 0 Å². The van der Waals surface area contributed by atoms with E-state index >= 15 is 0 Å².